The zero-order valence-electron chi connectivity index (χ0n) is 18.7. The first kappa shape index (κ1) is 26.1. The molecule has 0 aliphatic carbocycles. The molecule has 35 heavy (non-hydrogen) atoms. The fourth-order valence-electron chi connectivity index (χ4n) is 3.74. The summed E-state index contributed by atoms with van der Waals surface area (Å²) in [5.41, 5.74) is 1.54. The lowest BCUT2D eigenvalue weighted by atomic mass is 9.86. The number of aliphatic carboxylic acids is 1. The lowest BCUT2D eigenvalue weighted by molar-refractivity contribution is -0.274. The summed E-state index contributed by atoms with van der Waals surface area (Å²) >= 11 is 0. The third kappa shape index (κ3) is 7.00. The average molecular weight is 496 g/mol. The molecule has 0 aliphatic rings. The van der Waals surface area contributed by atoms with Gasteiger partial charge in [0.1, 0.15) is 5.75 Å². The monoisotopic (exact) mass is 496 g/mol. The fourth-order valence-corrected chi connectivity index (χ4v) is 3.74. The van der Waals surface area contributed by atoms with E-state index in [9.17, 15) is 36.2 Å². The first-order valence-corrected chi connectivity index (χ1v) is 10.6. The molecule has 3 aromatic rings. The van der Waals surface area contributed by atoms with Gasteiger partial charge in [-0.3, -0.25) is 4.79 Å². The Labute approximate surface area is 198 Å². The lowest BCUT2D eigenvalue weighted by Crippen LogP contribution is -2.16. The minimum Gasteiger partial charge on any atom is -0.481 e. The normalized spacial score (nSPS) is 13.1. The van der Waals surface area contributed by atoms with Crippen molar-refractivity contribution in [3.63, 3.8) is 0 Å². The van der Waals surface area contributed by atoms with Gasteiger partial charge < -0.3 is 9.84 Å². The Balaban J connectivity index is 2.10. The summed E-state index contributed by atoms with van der Waals surface area (Å²) in [6, 6.07) is 14.4. The number of hydrogen-bond acceptors (Lipinski definition) is 2. The molecule has 0 spiro atoms. The standard InChI is InChI=1S/C26H22F6O3/c1-15(2)11-23(24(33)34)20-13-18(16-3-7-21(8-4-16)25(27,28)29)12-19(14-20)17-5-9-22(10-6-17)35-26(30,31)32/h3-10,12-15,23H,11H2,1-2H3,(H,33,34)/t23-/m1/s1. The molecule has 9 heteroatoms. The second-order valence-corrected chi connectivity index (χ2v) is 8.51. The van der Waals surface area contributed by atoms with Crippen LogP contribution in [-0.4, -0.2) is 17.4 Å². The van der Waals surface area contributed by atoms with Gasteiger partial charge in [-0.25, -0.2) is 0 Å². The van der Waals surface area contributed by atoms with Crippen LogP contribution >= 0.6 is 0 Å². The molecule has 3 aromatic carbocycles. The van der Waals surface area contributed by atoms with Crippen molar-refractivity contribution < 1.29 is 41.0 Å². The molecule has 186 valence electrons. The first-order valence-electron chi connectivity index (χ1n) is 10.6. The lowest BCUT2D eigenvalue weighted by Gasteiger charge is -2.18. The molecule has 0 amide bonds. The van der Waals surface area contributed by atoms with Crippen molar-refractivity contribution >= 4 is 5.97 Å². The molecule has 3 rings (SSSR count). The van der Waals surface area contributed by atoms with Crippen LogP contribution in [0.15, 0.2) is 66.7 Å². The van der Waals surface area contributed by atoms with Gasteiger partial charge in [-0.15, -0.1) is 13.2 Å². The van der Waals surface area contributed by atoms with Gasteiger partial charge in [0.25, 0.3) is 0 Å². The molecule has 1 atom stereocenters. The zero-order chi connectivity index (χ0) is 26.0. The summed E-state index contributed by atoms with van der Waals surface area (Å²) in [5.74, 6) is -2.30. The van der Waals surface area contributed by atoms with Gasteiger partial charge in [0, 0.05) is 0 Å². The maximum atomic E-state index is 13.0. The van der Waals surface area contributed by atoms with Gasteiger partial charge in [0.2, 0.25) is 0 Å². The molecular weight excluding hydrogens is 474 g/mol. The maximum absolute atomic E-state index is 13.0. The summed E-state index contributed by atoms with van der Waals surface area (Å²) in [7, 11) is 0. The molecular formula is C26H22F6O3. The Kier molecular flexibility index (Phi) is 7.47. The first-order chi connectivity index (χ1) is 16.2. The summed E-state index contributed by atoms with van der Waals surface area (Å²) in [6.07, 6.45) is -9.02. The number of halogens is 6. The Morgan fingerprint density at radius 1 is 0.800 bits per heavy atom. The van der Waals surface area contributed by atoms with Gasteiger partial charge in [-0.1, -0.05) is 50.2 Å². The van der Waals surface area contributed by atoms with E-state index in [1.165, 1.54) is 24.3 Å². The van der Waals surface area contributed by atoms with Gasteiger partial charge in [-0.2, -0.15) is 13.2 Å². The van der Waals surface area contributed by atoms with Gasteiger partial charge in [-0.05, 0) is 70.5 Å². The smallest absolute Gasteiger partial charge is 0.481 e. The van der Waals surface area contributed by atoms with Crippen LogP contribution in [0, 0.1) is 5.92 Å². The van der Waals surface area contributed by atoms with Crippen molar-refractivity contribution in [2.24, 2.45) is 5.92 Å². The predicted molar refractivity (Wildman–Crippen MR) is 119 cm³/mol. The number of carboxylic acids is 1. The van der Waals surface area contributed by atoms with Crippen LogP contribution in [0.1, 0.15) is 37.3 Å². The highest BCUT2D eigenvalue weighted by Crippen LogP contribution is 2.36. The molecule has 0 bridgehead atoms. The Morgan fingerprint density at radius 3 is 1.69 bits per heavy atom. The number of carbonyl (C=O) groups is 1. The van der Waals surface area contributed by atoms with E-state index in [-0.39, 0.29) is 5.92 Å². The minimum absolute atomic E-state index is 0.0491. The van der Waals surface area contributed by atoms with Gasteiger partial charge >= 0.3 is 18.5 Å². The van der Waals surface area contributed by atoms with Gasteiger partial charge in [0.05, 0.1) is 11.5 Å². The molecule has 0 aliphatic heterocycles. The summed E-state index contributed by atoms with van der Waals surface area (Å²) in [4.78, 5) is 12.0. The van der Waals surface area contributed by atoms with E-state index in [0.717, 1.165) is 24.3 Å². The molecule has 0 aromatic heterocycles. The zero-order valence-corrected chi connectivity index (χ0v) is 18.7. The number of ether oxygens (including phenoxy) is 1. The number of alkyl halides is 6. The second-order valence-electron chi connectivity index (χ2n) is 8.51. The molecule has 3 nitrogen and oxygen atoms in total. The summed E-state index contributed by atoms with van der Waals surface area (Å²) in [6.45, 7) is 3.74. The minimum atomic E-state index is -4.84. The van der Waals surface area contributed by atoms with Crippen molar-refractivity contribution in [1.82, 2.24) is 0 Å². The second kappa shape index (κ2) is 10.0. The highest BCUT2D eigenvalue weighted by molar-refractivity contribution is 5.80. The highest BCUT2D eigenvalue weighted by atomic mass is 19.4. The van der Waals surface area contributed by atoms with E-state index in [1.54, 1.807) is 18.2 Å². The quantitative estimate of drug-likeness (QED) is 0.336. The van der Waals surface area contributed by atoms with Crippen LogP contribution < -0.4 is 4.74 Å². The Hall–Kier alpha value is -3.49. The number of benzene rings is 3. The molecule has 0 fully saturated rings. The highest BCUT2D eigenvalue weighted by Gasteiger charge is 2.31. The van der Waals surface area contributed by atoms with Crippen molar-refractivity contribution in [2.45, 2.75) is 38.7 Å². The summed E-state index contributed by atoms with van der Waals surface area (Å²) in [5, 5.41) is 9.82. The third-order valence-electron chi connectivity index (χ3n) is 5.33. The molecule has 0 unspecified atom stereocenters. The van der Waals surface area contributed by atoms with Crippen LogP contribution in [0.4, 0.5) is 26.3 Å². The van der Waals surface area contributed by atoms with E-state index < -0.39 is 35.7 Å². The SMILES string of the molecule is CC(C)C[C@@H](C(=O)O)c1cc(-c2ccc(OC(F)(F)F)cc2)cc(-c2ccc(C(F)(F)F)cc2)c1. The number of rotatable bonds is 7. The van der Waals surface area contributed by atoms with Gasteiger partial charge in [0.15, 0.2) is 0 Å². The third-order valence-corrected chi connectivity index (χ3v) is 5.33. The van der Waals surface area contributed by atoms with Crippen LogP contribution in [0.25, 0.3) is 22.3 Å². The average Bonchev–Trinajstić information content (AvgIpc) is 2.76. The Morgan fingerprint density at radius 2 is 1.29 bits per heavy atom. The van der Waals surface area contributed by atoms with E-state index in [2.05, 4.69) is 4.74 Å². The van der Waals surface area contributed by atoms with Crippen LogP contribution in [0.3, 0.4) is 0 Å². The van der Waals surface area contributed by atoms with E-state index in [0.29, 0.717) is 34.2 Å². The summed E-state index contributed by atoms with van der Waals surface area (Å²) < 4.78 is 80.3. The van der Waals surface area contributed by atoms with Crippen molar-refractivity contribution in [1.29, 1.82) is 0 Å². The van der Waals surface area contributed by atoms with Crippen molar-refractivity contribution in [3.8, 4) is 28.0 Å². The number of carboxylic acid groups (broad SMARTS) is 1. The largest absolute Gasteiger partial charge is 0.573 e. The fraction of sp³-hybridized carbons (Fsp3) is 0.269. The molecule has 0 radical (unpaired) electrons. The van der Waals surface area contributed by atoms with E-state index in [4.69, 9.17) is 0 Å². The van der Waals surface area contributed by atoms with Crippen molar-refractivity contribution in [2.75, 3.05) is 0 Å². The predicted octanol–water partition coefficient (Wildman–Crippen LogP) is 8.15. The number of hydrogen-bond donors (Lipinski definition) is 1. The topological polar surface area (TPSA) is 46.5 Å². The van der Waals surface area contributed by atoms with Crippen LogP contribution in [-0.2, 0) is 11.0 Å². The molecule has 0 saturated carbocycles. The maximum Gasteiger partial charge on any atom is 0.573 e. The van der Waals surface area contributed by atoms with E-state index in [1.807, 2.05) is 13.8 Å². The molecule has 1 N–H and O–H groups in total. The molecule has 0 saturated heterocycles. The van der Waals surface area contributed by atoms with E-state index >= 15 is 0 Å². The van der Waals surface area contributed by atoms with Crippen LogP contribution in [0.2, 0.25) is 0 Å². The molecule has 0 heterocycles. The van der Waals surface area contributed by atoms with Crippen molar-refractivity contribution in [3.05, 3.63) is 77.9 Å². The van der Waals surface area contributed by atoms with Crippen LogP contribution in [0.5, 0.6) is 5.75 Å². The Bertz CT molecular complexity index is 1160.